The number of nitrogens with one attached hydrogen (secondary N) is 1. The van der Waals surface area contributed by atoms with Crippen LogP contribution in [0.3, 0.4) is 0 Å². The van der Waals surface area contributed by atoms with Gasteiger partial charge in [0, 0.05) is 20.7 Å². The number of rotatable bonds is 3. The number of benzene rings is 3. The van der Waals surface area contributed by atoms with Crippen LogP contribution >= 0.6 is 27.5 Å². The normalized spacial score (nSPS) is 10.9. The van der Waals surface area contributed by atoms with E-state index in [0.29, 0.717) is 33.3 Å². The Hall–Kier alpha value is -2.63. The number of hydrogen-bond acceptors (Lipinski definition) is 3. The molecule has 0 radical (unpaired) electrons. The minimum atomic E-state index is -0.188. The second-order valence-electron chi connectivity index (χ2n) is 6.04. The van der Waals surface area contributed by atoms with E-state index in [2.05, 4.69) is 26.2 Å². The fourth-order valence-electron chi connectivity index (χ4n) is 2.85. The average Bonchev–Trinajstić information content (AvgIpc) is 3.06. The van der Waals surface area contributed by atoms with E-state index in [-0.39, 0.29) is 5.91 Å². The van der Waals surface area contributed by atoms with Gasteiger partial charge in [0.25, 0.3) is 5.91 Å². The van der Waals surface area contributed by atoms with Crippen LogP contribution in [0.2, 0.25) is 5.02 Å². The molecule has 0 spiro atoms. The molecule has 4 aromatic rings. The van der Waals surface area contributed by atoms with Crippen LogP contribution in [-0.2, 0) is 0 Å². The SMILES string of the molecule is Cc1c(NC(=O)c2ccccc2Br)cccc1-c1nc2cc(Cl)ccc2o1. The molecule has 1 aromatic heterocycles. The maximum atomic E-state index is 12.6. The minimum Gasteiger partial charge on any atom is -0.436 e. The van der Waals surface area contributed by atoms with Crippen LogP contribution in [0.15, 0.2) is 69.6 Å². The van der Waals surface area contributed by atoms with Crippen LogP contribution in [0.25, 0.3) is 22.6 Å². The number of nitrogens with zero attached hydrogens (tertiary/aromatic N) is 1. The summed E-state index contributed by atoms with van der Waals surface area (Å²) < 4.78 is 6.61. The molecule has 1 amide bonds. The smallest absolute Gasteiger partial charge is 0.256 e. The fraction of sp³-hybridized carbons (Fsp3) is 0.0476. The monoisotopic (exact) mass is 440 g/mol. The molecular weight excluding hydrogens is 428 g/mol. The zero-order valence-corrected chi connectivity index (χ0v) is 16.6. The molecule has 4 nitrogen and oxygen atoms in total. The highest BCUT2D eigenvalue weighted by atomic mass is 79.9. The summed E-state index contributed by atoms with van der Waals surface area (Å²) in [7, 11) is 0. The van der Waals surface area contributed by atoms with E-state index in [1.165, 1.54) is 0 Å². The quantitative estimate of drug-likeness (QED) is 0.396. The minimum absolute atomic E-state index is 0.188. The van der Waals surface area contributed by atoms with Gasteiger partial charge in [-0.25, -0.2) is 4.98 Å². The molecule has 0 aliphatic rings. The molecule has 0 saturated heterocycles. The second kappa shape index (κ2) is 7.18. The van der Waals surface area contributed by atoms with Gasteiger partial charge in [0.1, 0.15) is 5.52 Å². The van der Waals surface area contributed by atoms with Gasteiger partial charge < -0.3 is 9.73 Å². The average molecular weight is 442 g/mol. The van der Waals surface area contributed by atoms with Crippen molar-refractivity contribution in [1.29, 1.82) is 0 Å². The van der Waals surface area contributed by atoms with Gasteiger partial charge in [0.15, 0.2) is 5.58 Å². The molecule has 0 aliphatic carbocycles. The van der Waals surface area contributed by atoms with E-state index < -0.39 is 0 Å². The van der Waals surface area contributed by atoms with Gasteiger partial charge in [-0.1, -0.05) is 29.8 Å². The number of hydrogen-bond donors (Lipinski definition) is 1. The molecule has 0 fully saturated rings. The van der Waals surface area contributed by atoms with Crippen LogP contribution < -0.4 is 5.32 Å². The highest BCUT2D eigenvalue weighted by Crippen LogP contribution is 2.31. The molecule has 6 heteroatoms. The molecule has 4 rings (SSSR count). The van der Waals surface area contributed by atoms with Gasteiger partial charge in [-0.15, -0.1) is 0 Å². The maximum absolute atomic E-state index is 12.6. The molecule has 134 valence electrons. The lowest BCUT2D eigenvalue weighted by Crippen LogP contribution is -2.13. The zero-order chi connectivity index (χ0) is 19.0. The Morgan fingerprint density at radius 2 is 1.93 bits per heavy atom. The topological polar surface area (TPSA) is 55.1 Å². The van der Waals surface area contributed by atoms with Crippen LogP contribution in [-0.4, -0.2) is 10.9 Å². The number of carbonyl (C=O) groups excluding carboxylic acids is 1. The third-order valence-electron chi connectivity index (χ3n) is 4.28. The van der Waals surface area contributed by atoms with Gasteiger partial charge in [0.2, 0.25) is 5.89 Å². The summed E-state index contributed by atoms with van der Waals surface area (Å²) in [5, 5.41) is 3.57. The molecule has 1 heterocycles. The van der Waals surface area contributed by atoms with Crippen molar-refractivity contribution in [2.24, 2.45) is 0 Å². The lowest BCUT2D eigenvalue weighted by Gasteiger charge is -2.11. The van der Waals surface area contributed by atoms with Gasteiger partial charge in [-0.3, -0.25) is 4.79 Å². The van der Waals surface area contributed by atoms with E-state index in [1.54, 1.807) is 24.3 Å². The highest BCUT2D eigenvalue weighted by molar-refractivity contribution is 9.10. The largest absolute Gasteiger partial charge is 0.436 e. The Labute approximate surface area is 169 Å². The summed E-state index contributed by atoms with van der Waals surface area (Å²) in [6, 6.07) is 18.2. The number of oxazole rings is 1. The summed E-state index contributed by atoms with van der Waals surface area (Å²) in [4.78, 5) is 17.1. The van der Waals surface area contributed by atoms with Crippen LogP contribution in [0.5, 0.6) is 0 Å². The summed E-state index contributed by atoms with van der Waals surface area (Å²) >= 11 is 9.43. The molecule has 0 unspecified atom stereocenters. The standard InChI is InChI=1S/C21H14BrClN2O2/c1-12-14(21-25-18-11-13(23)9-10-19(18)27-21)6-4-8-17(12)24-20(26)15-5-2-3-7-16(15)22/h2-11H,1H3,(H,24,26). The first-order valence-electron chi connectivity index (χ1n) is 8.25. The van der Waals surface area contributed by atoms with Crippen molar-refractivity contribution < 1.29 is 9.21 Å². The van der Waals surface area contributed by atoms with Crippen molar-refractivity contribution in [2.75, 3.05) is 5.32 Å². The van der Waals surface area contributed by atoms with Crippen molar-refractivity contribution in [1.82, 2.24) is 4.98 Å². The molecule has 27 heavy (non-hydrogen) atoms. The first-order valence-corrected chi connectivity index (χ1v) is 9.42. The first-order chi connectivity index (χ1) is 13.0. The van der Waals surface area contributed by atoms with Gasteiger partial charge in [0.05, 0.1) is 5.56 Å². The van der Waals surface area contributed by atoms with Crippen molar-refractivity contribution in [3.8, 4) is 11.5 Å². The predicted octanol–water partition coefficient (Wildman–Crippen LogP) is 6.47. The molecule has 0 atom stereocenters. The van der Waals surface area contributed by atoms with Crippen LogP contribution in [0.4, 0.5) is 5.69 Å². The van der Waals surface area contributed by atoms with E-state index in [0.717, 1.165) is 15.6 Å². The molecule has 0 saturated carbocycles. The van der Waals surface area contributed by atoms with Gasteiger partial charge in [-0.05, 0) is 70.9 Å². The Balaban J connectivity index is 1.70. The Bertz CT molecular complexity index is 1170. The Kier molecular flexibility index (Phi) is 4.72. The van der Waals surface area contributed by atoms with Crippen LogP contribution in [0.1, 0.15) is 15.9 Å². The molecular formula is C21H14BrClN2O2. The van der Waals surface area contributed by atoms with Crippen molar-refractivity contribution in [3.63, 3.8) is 0 Å². The third kappa shape index (κ3) is 3.48. The number of aromatic nitrogens is 1. The van der Waals surface area contributed by atoms with Crippen LogP contribution in [0, 0.1) is 6.92 Å². The summed E-state index contributed by atoms with van der Waals surface area (Å²) in [6.07, 6.45) is 0. The molecule has 0 bridgehead atoms. The van der Waals surface area contributed by atoms with Gasteiger partial charge in [-0.2, -0.15) is 0 Å². The number of fused-ring (bicyclic) bond motifs is 1. The molecule has 3 aromatic carbocycles. The van der Waals surface area contributed by atoms with E-state index in [4.69, 9.17) is 16.0 Å². The number of carbonyl (C=O) groups is 1. The zero-order valence-electron chi connectivity index (χ0n) is 14.3. The lowest BCUT2D eigenvalue weighted by atomic mass is 10.1. The van der Waals surface area contributed by atoms with Crippen molar-refractivity contribution >= 4 is 50.2 Å². The van der Waals surface area contributed by atoms with Crippen molar-refractivity contribution in [3.05, 3.63) is 81.3 Å². The number of halogens is 2. The molecule has 1 N–H and O–H groups in total. The third-order valence-corrected chi connectivity index (χ3v) is 5.21. The first kappa shape index (κ1) is 17.8. The molecule has 0 aliphatic heterocycles. The highest BCUT2D eigenvalue weighted by Gasteiger charge is 2.15. The summed E-state index contributed by atoms with van der Waals surface area (Å²) in [6.45, 7) is 1.92. The number of amides is 1. The van der Waals surface area contributed by atoms with Crippen molar-refractivity contribution in [2.45, 2.75) is 6.92 Å². The van der Waals surface area contributed by atoms with E-state index in [1.807, 2.05) is 43.3 Å². The second-order valence-corrected chi connectivity index (χ2v) is 7.33. The Morgan fingerprint density at radius 1 is 1.11 bits per heavy atom. The lowest BCUT2D eigenvalue weighted by molar-refractivity contribution is 0.102. The summed E-state index contributed by atoms with van der Waals surface area (Å²) in [5.41, 5.74) is 4.31. The van der Waals surface area contributed by atoms with Gasteiger partial charge >= 0.3 is 0 Å². The maximum Gasteiger partial charge on any atom is 0.256 e. The predicted molar refractivity (Wildman–Crippen MR) is 111 cm³/mol. The summed E-state index contributed by atoms with van der Waals surface area (Å²) in [5.74, 6) is 0.300. The fourth-order valence-corrected chi connectivity index (χ4v) is 3.48. The van der Waals surface area contributed by atoms with E-state index >= 15 is 0 Å². The Morgan fingerprint density at radius 3 is 2.74 bits per heavy atom. The van der Waals surface area contributed by atoms with E-state index in [9.17, 15) is 4.79 Å². The number of anilines is 1.